The third kappa shape index (κ3) is 6.62. The molecule has 0 spiro atoms. The molecule has 0 radical (unpaired) electrons. The van der Waals surface area contributed by atoms with Gasteiger partial charge in [0, 0.05) is 49.5 Å². The summed E-state index contributed by atoms with van der Waals surface area (Å²) in [5.41, 5.74) is 5.23. The highest BCUT2D eigenvalue weighted by atomic mass is 16.5. The Morgan fingerprint density at radius 3 is 2.24 bits per heavy atom. The maximum Gasteiger partial charge on any atom is 0.247 e. The molecule has 5 heteroatoms. The van der Waals surface area contributed by atoms with Crippen LogP contribution in [-0.2, 0) is 24.5 Å². The minimum Gasteiger partial charge on any atom is -0.489 e. The Morgan fingerprint density at radius 2 is 1.56 bits per heavy atom. The Kier molecular flexibility index (Phi) is 7.80. The summed E-state index contributed by atoms with van der Waals surface area (Å²) in [4.78, 5) is 23.3. The van der Waals surface area contributed by atoms with Gasteiger partial charge in [-0.15, -0.1) is 0 Å². The number of carbonyl (C=O) groups excluding carboxylic acids is 1. The molecule has 0 N–H and O–H groups in total. The van der Waals surface area contributed by atoms with Crippen LogP contribution in [0.3, 0.4) is 0 Å². The molecule has 0 fully saturated rings. The van der Waals surface area contributed by atoms with Crippen LogP contribution in [0.4, 0.5) is 0 Å². The van der Waals surface area contributed by atoms with E-state index in [0.29, 0.717) is 19.7 Å². The van der Waals surface area contributed by atoms with Gasteiger partial charge in [-0.25, -0.2) is 0 Å². The molecule has 0 aliphatic carbocycles. The van der Waals surface area contributed by atoms with Crippen LogP contribution >= 0.6 is 0 Å². The van der Waals surface area contributed by atoms with E-state index in [1.54, 1.807) is 30.9 Å². The maximum atomic E-state index is 13.2. The summed E-state index contributed by atoms with van der Waals surface area (Å²) in [6, 6.07) is 23.6. The van der Waals surface area contributed by atoms with Crippen LogP contribution in [0.25, 0.3) is 6.08 Å². The molecule has 0 aliphatic rings. The zero-order chi connectivity index (χ0) is 23.6. The van der Waals surface area contributed by atoms with Gasteiger partial charge in [0.1, 0.15) is 12.4 Å². The zero-order valence-electron chi connectivity index (χ0n) is 19.2. The minimum absolute atomic E-state index is 0.0518. The lowest BCUT2D eigenvalue weighted by Gasteiger charge is -2.22. The smallest absolute Gasteiger partial charge is 0.247 e. The van der Waals surface area contributed by atoms with E-state index in [1.807, 2.05) is 71.6 Å². The quantitative estimate of drug-likeness (QED) is 0.312. The van der Waals surface area contributed by atoms with Crippen molar-refractivity contribution in [2.24, 2.45) is 0 Å². The van der Waals surface area contributed by atoms with E-state index in [1.165, 1.54) is 0 Å². The molecule has 4 rings (SSSR count). The Hall–Kier alpha value is -4.25. The first kappa shape index (κ1) is 22.9. The molecule has 0 saturated heterocycles. The first-order valence-electron chi connectivity index (χ1n) is 11.2. The number of ether oxygens (including phenoxy) is 1. The second-order valence-corrected chi connectivity index (χ2v) is 8.03. The van der Waals surface area contributed by atoms with E-state index in [-0.39, 0.29) is 5.91 Å². The number of hydrogen-bond donors (Lipinski definition) is 0. The average Bonchev–Trinajstić information content (AvgIpc) is 2.89. The first-order chi connectivity index (χ1) is 16.7. The van der Waals surface area contributed by atoms with Gasteiger partial charge in [0.05, 0.1) is 0 Å². The number of benzene rings is 2. The first-order valence-corrected chi connectivity index (χ1v) is 11.2. The van der Waals surface area contributed by atoms with Crippen LogP contribution < -0.4 is 4.74 Å². The summed E-state index contributed by atoms with van der Waals surface area (Å²) in [6.07, 6.45) is 10.5. The summed E-state index contributed by atoms with van der Waals surface area (Å²) in [7, 11) is 0. The second kappa shape index (κ2) is 11.6. The SMILES string of the molecule is Cc1ccccc1CN(Cc1cccnc1)C(=O)/C=C/c1ccc(OCc2cccnc2)cc1. The molecule has 5 nitrogen and oxygen atoms in total. The van der Waals surface area contributed by atoms with E-state index in [2.05, 4.69) is 29.0 Å². The number of hydrogen-bond acceptors (Lipinski definition) is 4. The van der Waals surface area contributed by atoms with Gasteiger partial charge in [-0.1, -0.05) is 48.5 Å². The number of aromatic nitrogens is 2. The average molecular weight is 450 g/mol. The molecule has 34 heavy (non-hydrogen) atoms. The fourth-order valence-electron chi connectivity index (χ4n) is 3.52. The van der Waals surface area contributed by atoms with E-state index in [4.69, 9.17) is 4.74 Å². The van der Waals surface area contributed by atoms with Crippen molar-refractivity contribution in [3.8, 4) is 5.75 Å². The minimum atomic E-state index is -0.0518. The topological polar surface area (TPSA) is 55.3 Å². The van der Waals surface area contributed by atoms with Gasteiger partial charge in [-0.2, -0.15) is 0 Å². The lowest BCUT2D eigenvalue weighted by Crippen LogP contribution is -2.28. The van der Waals surface area contributed by atoms with Crippen LogP contribution in [0.5, 0.6) is 5.75 Å². The van der Waals surface area contributed by atoms with E-state index < -0.39 is 0 Å². The van der Waals surface area contributed by atoms with Crippen molar-refractivity contribution in [2.75, 3.05) is 0 Å². The van der Waals surface area contributed by atoms with Crippen molar-refractivity contribution < 1.29 is 9.53 Å². The molecule has 170 valence electrons. The van der Waals surface area contributed by atoms with Gasteiger partial charge in [0.2, 0.25) is 5.91 Å². The van der Waals surface area contributed by atoms with Gasteiger partial charge >= 0.3 is 0 Å². The van der Waals surface area contributed by atoms with Crippen LogP contribution in [-0.4, -0.2) is 20.8 Å². The Bertz CT molecular complexity index is 1220. The van der Waals surface area contributed by atoms with Gasteiger partial charge in [0.25, 0.3) is 0 Å². The van der Waals surface area contributed by atoms with Gasteiger partial charge < -0.3 is 9.64 Å². The van der Waals surface area contributed by atoms with Crippen molar-refractivity contribution in [1.29, 1.82) is 0 Å². The largest absolute Gasteiger partial charge is 0.489 e. The molecular formula is C29H27N3O2. The standard InChI is InChI=1S/C29H27N3O2/c1-23-6-2-3-9-27(23)21-32(20-25-7-4-16-30-18-25)29(33)15-12-24-10-13-28(14-11-24)34-22-26-8-5-17-31-19-26/h2-19H,20-22H2,1H3/b15-12+. The predicted octanol–water partition coefficient (Wildman–Crippen LogP) is 5.61. The number of pyridine rings is 2. The third-order valence-electron chi connectivity index (χ3n) is 5.46. The zero-order valence-corrected chi connectivity index (χ0v) is 19.2. The van der Waals surface area contributed by atoms with Gasteiger partial charge in [-0.3, -0.25) is 14.8 Å². The molecule has 0 atom stereocenters. The number of rotatable bonds is 9. The van der Waals surface area contributed by atoms with Crippen LogP contribution in [0.15, 0.2) is 104 Å². The van der Waals surface area contributed by atoms with Crippen molar-refractivity contribution in [2.45, 2.75) is 26.6 Å². The molecule has 0 aliphatic heterocycles. The van der Waals surface area contributed by atoms with Crippen molar-refractivity contribution in [3.05, 3.63) is 131 Å². The molecule has 2 heterocycles. The summed E-state index contributed by atoms with van der Waals surface area (Å²) < 4.78 is 5.81. The van der Waals surface area contributed by atoms with Crippen molar-refractivity contribution >= 4 is 12.0 Å². The number of aryl methyl sites for hydroxylation is 1. The van der Waals surface area contributed by atoms with Crippen LogP contribution in [0.2, 0.25) is 0 Å². The number of carbonyl (C=O) groups is 1. The van der Waals surface area contributed by atoms with Crippen molar-refractivity contribution in [3.63, 3.8) is 0 Å². The normalized spacial score (nSPS) is 10.9. The summed E-state index contributed by atoms with van der Waals surface area (Å²) in [5.74, 6) is 0.717. The third-order valence-corrected chi connectivity index (χ3v) is 5.46. The van der Waals surface area contributed by atoms with Gasteiger partial charge in [-0.05, 0) is 59.5 Å². The maximum absolute atomic E-state index is 13.2. The molecule has 2 aromatic heterocycles. The van der Waals surface area contributed by atoms with Crippen LogP contribution in [0, 0.1) is 6.92 Å². The molecule has 4 aromatic rings. The monoisotopic (exact) mass is 449 g/mol. The molecule has 0 bridgehead atoms. The number of nitrogens with zero attached hydrogens (tertiary/aromatic N) is 3. The van der Waals surface area contributed by atoms with Gasteiger partial charge in [0.15, 0.2) is 0 Å². The van der Waals surface area contributed by atoms with Crippen molar-refractivity contribution in [1.82, 2.24) is 14.9 Å². The van der Waals surface area contributed by atoms with Crippen LogP contribution in [0.1, 0.15) is 27.8 Å². The highest BCUT2D eigenvalue weighted by Gasteiger charge is 2.13. The highest BCUT2D eigenvalue weighted by molar-refractivity contribution is 5.91. The molecule has 0 unspecified atom stereocenters. The molecule has 0 saturated carbocycles. The second-order valence-electron chi connectivity index (χ2n) is 8.03. The summed E-state index contributed by atoms with van der Waals surface area (Å²) in [6.45, 7) is 3.55. The van der Waals surface area contributed by atoms with E-state index in [9.17, 15) is 4.79 Å². The Morgan fingerprint density at radius 1 is 0.853 bits per heavy atom. The lowest BCUT2D eigenvalue weighted by molar-refractivity contribution is -0.127. The Balaban J connectivity index is 1.42. The lowest BCUT2D eigenvalue weighted by atomic mass is 10.1. The highest BCUT2D eigenvalue weighted by Crippen LogP contribution is 2.17. The predicted molar refractivity (Wildman–Crippen MR) is 134 cm³/mol. The molecule has 2 aromatic carbocycles. The fraction of sp³-hybridized carbons (Fsp3) is 0.138. The van der Waals surface area contributed by atoms with E-state index in [0.717, 1.165) is 33.6 Å². The summed E-state index contributed by atoms with van der Waals surface area (Å²) >= 11 is 0. The Labute approximate surface area is 200 Å². The number of amides is 1. The molecular weight excluding hydrogens is 422 g/mol. The fourth-order valence-corrected chi connectivity index (χ4v) is 3.52. The summed E-state index contributed by atoms with van der Waals surface area (Å²) in [5, 5.41) is 0. The molecule has 1 amide bonds. The van der Waals surface area contributed by atoms with E-state index >= 15 is 0 Å².